The van der Waals surface area contributed by atoms with E-state index >= 15 is 0 Å². The van der Waals surface area contributed by atoms with Crippen molar-refractivity contribution in [3.05, 3.63) is 47.1 Å². The van der Waals surface area contributed by atoms with Gasteiger partial charge in [-0.3, -0.25) is 9.80 Å². The third-order valence-corrected chi connectivity index (χ3v) is 4.58. The van der Waals surface area contributed by atoms with Gasteiger partial charge in [-0.25, -0.2) is 0 Å². The average molecular weight is 328 g/mol. The number of unbranched alkanes of at least 4 members (excludes halogenated alkanes) is 1. The lowest BCUT2D eigenvalue weighted by Gasteiger charge is -2.33. The van der Waals surface area contributed by atoms with Crippen LogP contribution in [0.1, 0.15) is 42.6 Å². The third-order valence-electron chi connectivity index (χ3n) is 4.58. The second-order valence-electron chi connectivity index (χ2n) is 6.75. The van der Waals surface area contributed by atoms with Crippen molar-refractivity contribution in [2.24, 2.45) is 0 Å². The van der Waals surface area contributed by atoms with Gasteiger partial charge in [0.2, 0.25) is 5.89 Å². The van der Waals surface area contributed by atoms with Gasteiger partial charge in [0.15, 0.2) is 5.82 Å². The molecule has 130 valence electrons. The molecule has 0 saturated carbocycles. The maximum Gasteiger partial charge on any atom is 0.240 e. The van der Waals surface area contributed by atoms with Crippen LogP contribution < -0.4 is 0 Å². The summed E-state index contributed by atoms with van der Waals surface area (Å²) in [7, 11) is 0. The van der Waals surface area contributed by atoms with E-state index < -0.39 is 0 Å². The third kappa shape index (κ3) is 4.89. The standard InChI is InChI=1S/C19H28N4O/c1-3-4-8-18-20-19(24-21-18)15-23-11-9-22(10-12-23)14-17-7-5-6-16(2)13-17/h5-7,13H,3-4,8-12,14-15H2,1-2H3. The molecule has 5 nitrogen and oxygen atoms in total. The Kier molecular flexibility index (Phi) is 5.99. The van der Waals surface area contributed by atoms with Crippen molar-refractivity contribution in [1.29, 1.82) is 0 Å². The highest BCUT2D eigenvalue weighted by molar-refractivity contribution is 5.22. The minimum atomic E-state index is 0.758. The van der Waals surface area contributed by atoms with Crippen LogP contribution in [0.4, 0.5) is 0 Å². The summed E-state index contributed by atoms with van der Waals surface area (Å²) >= 11 is 0. The second kappa shape index (κ2) is 8.40. The number of aromatic nitrogens is 2. The number of benzene rings is 1. The summed E-state index contributed by atoms with van der Waals surface area (Å²) in [6, 6.07) is 8.80. The van der Waals surface area contributed by atoms with Gasteiger partial charge in [-0.2, -0.15) is 4.98 Å². The number of nitrogens with zero attached hydrogens (tertiary/aromatic N) is 4. The minimum Gasteiger partial charge on any atom is -0.338 e. The molecular formula is C19H28N4O. The van der Waals surface area contributed by atoms with E-state index in [9.17, 15) is 0 Å². The highest BCUT2D eigenvalue weighted by Crippen LogP contribution is 2.12. The summed E-state index contributed by atoms with van der Waals surface area (Å²) in [5.41, 5.74) is 2.74. The van der Waals surface area contributed by atoms with Crippen molar-refractivity contribution in [1.82, 2.24) is 19.9 Å². The number of rotatable bonds is 7. The highest BCUT2D eigenvalue weighted by atomic mass is 16.5. The molecule has 2 heterocycles. The molecule has 0 unspecified atom stereocenters. The fraction of sp³-hybridized carbons (Fsp3) is 0.579. The molecule has 1 aromatic heterocycles. The summed E-state index contributed by atoms with van der Waals surface area (Å²) in [5, 5.41) is 4.08. The number of aryl methyl sites for hydroxylation is 2. The molecule has 0 bridgehead atoms. The predicted octanol–water partition coefficient (Wildman–Crippen LogP) is 3.04. The van der Waals surface area contributed by atoms with Crippen LogP contribution in [0.25, 0.3) is 0 Å². The first-order valence-corrected chi connectivity index (χ1v) is 9.04. The Morgan fingerprint density at radius 3 is 2.54 bits per heavy atom. The number of hydrogen-bond acceptors (Lipinski definition) is 5. The normalized spacial score (nSPS) is 16.6. The van der Waals surface area contributed by atoms with Gasteiger partial charge in [0.1, 0.15) is 0 Å². The van der Waals surface area contributed by atoms with Crippen LogP contribution in [0.15, 0.2) is 28.8 Å². The van der Waals surface area contributed by atoms with Crippen LogP contribution in [-0.2, 0) is 19.5 Å². The summed E-state index contributed by atoms with van der Waals surface area (Å²) in [5.74, 6) is 1.61. The van der Waals surface area contributed by atoms with E-state index in [1.54, 1.807) is 0 Å². The molecule has 1 fully saturated rings. The zero-order valence-corrected chi connectivity index (χ0v) is 14.9. The minimum absolute atomic E-state index is 0.758. The lowest BCUT2D eigenvalue weighted by molar-refractivity contribution is 0.112. The van der Waals surface area contributed by atoms with Crippen molar-refractivity contribution in [2.75, 3.05) is 26.2 Å². The van der Waals surface area contributed by atoms with E-state index in [2.05, 4.69) is 58.1 Å². The Hall–Kier alpha value is -1.72. The highest BCUT2D eigenvalue weighted by Gasteiger charge is 2.19. The molecule has 1 aliphatic rings. The van der Waals surface area contributed by atoms with E-state index in [-0.39, 0.29) is 0 Å². The average Bonchev–Trinajstić information content (AvgIpc) is 3.02. The molecule has 0 spiro atoms. The van der Waals surface area contributed by atoms with Crippen LogP contribution in [0.5, 0.6) is 0 Å². The van der Waals surface area contributed by atoms with Gasteiger partial charge in [-0.15, -0.1) is 0 Å². The molecule has 1 aromatic carbocycles. The smallest absolute Gasteiger partial charge is 0.240 e. The fourth-order valence-electron chi connectivity index (χ4n) is 3.16. The van der Waals surface area contributed by atoms with Crippen LogP contribution in [0, 0.1) is 6.92 Å². The zero-order valence-electron chi connectivity index (χ0n) is 14.9. The maximum atomic E-state index is 5.38. The molecule has 0 aliphatic carbocycles. The predicted molar refractivity (Wildman–Crippen MR) is 94.6 cm³/mol. The molecule has 0 atom stereocenters. The summed E-state index contributed by atoms with van der Waals surface area (Å²) in [6.07, 6.45) is 3.20. The van der Waals surface area contributed by atoms with Gasteiger partial charge in [0, 0.05) is 39.1 Å². The second-order valence-corrected chi connectivity index (χ2v) is 6.75. The lowest BCUT2D eigenvalue weighted by Crippen LogP contribution is -2.45. The van der Waals surface area contributed by atoms with Gasteiger partial charge in [-0.1, -0.05) is 48.3 Å². The summed E-state index contributed by atoms with van der Waals surface area (Å²) in [4.78, 5) is 9.43. The van der Waals surface area contributed by atoms with Crippen LogP contribution in [0.3, 0.4) is 0 Å². The number of hydrogen-bond donors (Lipinski definition) is 0. The molecular weight excluding hydrogens is 300 g/mol. The van der Waals surface area contributed by atoms with Crippen molar-refractivity contribution in [3.8, 4) is 0 Å². The van der Waals surface area contributed by atoms with Crippen LogP contribution in [-0.4, -0.2) is 46.1 Å². The van der Waals surface area contributed by atoms with Crippen LogP contribution in [0.2, 0.25) is 0 Å². The molecule has 1 aliphatic heterocycles. The van der Waals surface area contributed by atoms with E-state index in [4.69, 9.17) is 4.52 Å². The summed E-state index contributed by atoms with van der Waals surface area (Å²) < 4.78 is 5.38. The number of piperazine rings is 1. The first-order chi connectivity index (χ1) is 11.7. The lowest BCUT2D eigenvalue weighted by atomic mass is 10.1. The first-order valence-electron chi connectivity index (χ1n) is 9.04. The van der Waals surface area contributed by atoms with E-state index in [0.29, 0.717) is 0 Å². The van der Waals surface area contributed by atoms with Gasteiger partial charge in [-0.05, 0) is 18.9 Å². The Morgan fingerprint density at radius 2 is 1.83 bits per heavy atom. The monoisotopic (exact) mass is 328 g/mol. The SMILES string of the molecule is CCCCc1noc(CN2CCN(Cc3cccc(C)c3)CC2)n1. The van der Waals surface area contributed by atoms with Gasteiger partial charge >= 0.3 is 0 Å². The fourth-order valence-corrected chi connectivity index (χ4v) is 3.16. The molecule has 0 radical (unpaired) electrons. The Bertz CT molecular complexity index is 632. The van der Waals surface area contributed by atoms with Crippen molar-refractivity contribution < 1.29 is 4.52 Å². The van der Waals surface area contributed by atoms with E-state index in [0.717, 1.165) is 70.2 Å². The molecule has 1 saturated heterocycles. The quantitative estimate of drug-likeness (QED) is 0.782. The van der Waals surface area contributed by atoms with Crippen LogP contribution >= 0.6 is 0 Å². The Balaban J connectivity index is 1.44. The maximum absolute atomic E-state index is 5.38. The molecule has 0 N–H and O–H groups in total. The molecule has 24 heavy (non-hydrogen) atoms. The Labute approximate surface area is 144 Å². The molecule has 5 heteroatoms. The van der Waals surface area contributed by atoms with Gasteiger partial charge < -0.3 is 4.52 Å². The molecule has 2 aromatic rings. The topological polar surface area (TPSA) is 45.4 Å². The van der Waals surface area contributed by atoms with Gasteiger partial charge in [0.05, 0.1) is 6.54 Å². The van der Waals surface area contributed by atoms with Crippen molar-refractivity contribution in [2.45, 2.75) is 46.2 Å². The first kappa shape index (κ1) is 17.1. The Morgan fingerprint density at radius 1 is 1.08 bits per heavy atom. The summed E-state index contributed by atoms with van der Waals surface area (Å²) in [6.45, 7) is 10.4. The zero-order chi connectivity index (χ0) is 16.8. The molecule has 0 amide bonds. The van der Waals surface area contributed by atoms with E-state index in [1.807, 2.05) is 0 Å². The van der Waals surface area contributed by atoms with E-state index in [1.165, 1.54) is 11.1 Å². The van der Waals surface area contributed by atoms with Crippen molar-refractivity contribution in [3.63, 3.8) is 0 Å². The molecule has 3 rings (SSSR count). The van der Waals surface area contributed by atoms with Crippen molar-refractivity contribution >= 4 is 0 Å². The largest absolute Gasteiger partial charge is 0.338 e. The van der Waals surface area contributed by atoms with Gasteiger partial charge in [0.25, 0.3) is 0 Å².